The molecule has 0 saturated heterocycles. The fourth-order valence-electron chi connectivity index (χ4n) is 2.38. The summed E-state index contributed by atoms with van der Waals surface area (Å²) in [6, 6.07) is 7.72. The number of hydrogen-bond acceptors (Lipinski definition) is 3. The molecule has 108 valence electrons. The molecule has 0 radical (unpaired) electrons. The van der Waals surface area contributed by atoms with Crippen LogP contribution in [0.3, 0.4) is 0 Å². The van der Waals surface area contributed by atoms with Gasteiger partial charge >= 0.3 is 0 Å². The summed E-state index contributed by atoms with van der Waals surface area (Å²) in [7, 11) is 1.88. The predicted molar refractivity (Wildman–Crippen MR) is 84.1 cm³/mol. The molecular weight excluding hydrogens is 286 g/mol. The van der Waals surface area contributed by atoms with Crippen molar-refractivity contribution < 1.29 is 0 Å². The molecule has 0 bridgehead atoms. The lowest BCUT2D eigenvalue weighted by Crippen LogP contribution is -2.00. The van der Waals surface area contributed by atoms with E-state index >= 15 is 0 Å². The Morgan fingerprint density at radius 1 is 1.24 bits per heavy atom. The number of benzene rings is 1. The third-order valence-electron chi connectivity index (χ3n) is 3.29. The molecule has 0 aliphatic rings. The molecule has 0 fully saturated rings. The molecule has 3 rings (SSSR count). The molecule has 0 saturated carbocycles. The zero-order valence-electron chi connectivity index (χ0n) is 11.9. The van der Waals surface area contributed by atoms with Crippen LogP contribution in [0.2, 0.25) is 5.02 Å². The number of halogens is 1. The summed E-state index contributed by atoms with van der Waals surface area (Å²) >= 11 is 6.00. The number of rotatable bonds is 3. The molecule has 0 unspecified atom stereocenters. The number of nitrogens with zero attached hydrogens (tertiary/aromatic N) is 4. The lowest BCUT2D eigenvalue weighted by Gasteiger charge is -2.02. The van der Waals surface area contributed by atoms with Crippen molar-refractivity contribution in [3.8, 4) is 11.3 Å². The van der Waals surface area contributed by atoms with E-state index in [1.807, 2.05) is 55.3 Å². The number of nitrogen functional groups attached to an aromatic ring is 1. The number of nitrogens with two attached hydrogens (primary N) is 1. The fourth-order valence-corrected chi connectivity index (χ4v) is 2.59. The van der Waals surface area contributed by atoms with E-state index in [-0.39, 0.29) is 0 Å². The van der Waals surface area contributed by atoms with E-state index in [0.717, 1.165) is 27.5 Å². The summed E-state index contributed by atoms with van der Waals surface area (Å²) in [5.74, 6) is 0. The van der Waals surface area contributed by atoms with Gasteiger partial charge in [0, 0.05) is 30.0 Å². The minimum atomic E-state index is 0.629. The standard InChI is InChI=1S/C15H16ClN5/c1-10-13(8-20(2)18-10)15-14(17)9-21(19-15)7-11-4-3-5-12(16)6-11/h3-6,8-9H,7,17H2,1-2H3. The Balaban J connectivity index is 1.93. The van der Waals surface area contributed by atoms with Gasteiger partial charge in [0.15, 0.2) is 0 Å². The zero-order chi connectivity index (χ0) is 15.0. The van der Waals surface area contributed by atoms with Gasteiger partial charge in [-0.1, -0.05) is 23.7 Å². The van der Waals surface area contributed by atoms with E-state index in [1.165, 1.54) is 0 Å². The van der Waals surface area contributed by atoms with Crippen molar-refractivity contribution >= 4 is 17.3 Å². The zero-order valence-corrected chi connectivity index (χ0v) is 12.7. The Morgan fingerprint density at radius 3 is 2.71 bits per heavy atom. The van der Waals surface area contributed by atoms with Crippen molar-refractivity contribution in [2.24, 2.45) is 7.05 Å². The van der Waals surface area contributed by atoms with Crippen LogP contribution in [-0.2, 0) is 13.6 Å². The smallest absolute Gasteiger partial charge is 0.119 e. The molecule has 0 atom stereocenters. The molecule has 0 aliphatic carbocycles. The van der Waals surface area contributed by atoms with Crippen molar-refractivity contribution in [2.75, 3.05) is 5.73 Å². The fraction of sp³-hybridized carbons (Fsp3) is 0.200. The maximum absolute atomic E-state index is 6.09. The van der Waals surface area contributed by atoms with E-state index in [2.05, 4.69) is 10.2 Å². The van der Waals surface area contributed by atoms with E-state index in [9.17, 15) is 0 Å². The third-order valence-corrected chi connectivity index (χ3v) is 3.53. The van der Waals surface area contributed by atoms with Crippen LogP contribution in [0.1, 0.15) is 11.3 Å². The second-order valence-electron chi connectivity index (χ2n) is 5.06. The van der Waals surface area contributed by atoms with Crippen LogP contribution in [0.25, 0.3) is 11.3 Å². The first kappa shape index (κ1) is 13.7. The Kier molecular flexibility index (Phi) is 3.43. The van der Waals surface area contributed by atoms with Crippen LogP contribution in [-0.4, -0.2) is 19.6 Å². The SMILES string of the molecule is Cc1nn(C)cc1-c1nn(Cc2cccc(Cl)c2)cc1N. The first-order chi connectivity index (χ1) is 10.0. The van der Waals surface area contributed by atoms with Crippen LogP contribution >= 0.6 is 11.6 Å². The van der Waals surface area contributed by atoms with Gasteiger partial charge in [0.25, 0.3) is 0 Å². The Bertz CT molecular complexity index is 787. The predicted octanol–water partition coefficient (Wildman–Crippen LogP) is 2.88. The van der Waals surface area contributed by atoms with Crippen molar-refractivity contribution in [3.63, 3.8) is 0 Å². The highest BCUT2D eigenvalue weighted by atomic mass is 35.5. The topological polar surface area (TPSA) is 61.7 Å². The number of anilines is 1. The molecule has 2 heterocycles. The molecule has 2 aromatic heterocycles. The van der Waals surface area contributed by atoms with Gasteiger partial charge in [-0.25, -0.2) is 0 Å². The summed E-state index contributed by atoms with van der Waals surface area (Å²) in [6.45, 7) is 2.58. The average Bonchev–Trinajstić information content (AvgIpc) is 2.92. The van der Waals surface area contributed by atoms with E-state index in [0.29, 0.717) is 12.2 Å². The highest BCUT2D eigenvalue weighted by Crippen LogP contribution is 2.26. The molecule has 2 N–H and O–H groups in total. The van der Waals surface area contributed by atoms with Crippen molar-refractivity contribution in [1.82, 2.24) is 19.6 Å². The number of aromatic nitrogens is 4. The van der Waals surface area contributed by atoms with E-state index < -0.39 is 0 Å². The minimum Gasteiger partial charge on any atom is -0.396 e. The van der Waals surface area contributed by atoms with Crippen molar-refractivity contribution in [2.45, 2.75) is 13.5 Å². The van der Waals surface area contributed by atoms with Gasteiger partial charge in [-0.05, 0) is 24.6 Å². The molecule has 21 heavy (non-hydrogen) atoms. The molecule has 0 amide bonds. The summed E-state index contributed by atoms with van der Waals surface area (Å²) in [5, 5.41) is 9.62. The molecule has 1 aromatic carbocycles. The summed E-state index contributed by atoms with van der Waals surface area (Å²) < 4.78 is 3.59. The average molecular weight is 302 g/mol. The van der Waals surface area contributed by atoms with Gasteiger partial charge in [-0.2, -0.15) is 10.2 Å². The molecular formula is C15H16ClN5. The molecule has 3 aromatic rings. The third kappa shape index (κ3) is 2.78. The second-order valence-corrected chi connectivity index (χ2v) is 5.50. The summed E-state index contributed by atoms with van der Waals surface area (Å²) in [5.41, 5.74) is 10.5. The highest BCUT2D eigenvalue weighted by Gasteiger charge is 2.13. The molecule has 5 nitrogen and oxygen atoms in total. The van der Waals surface area contributed by atoms with E-state index in [4.69, 9.17) is 17.3 Å². The van der Waals surface area contributed by atoms with Crippen LogP contribution in [0.5, 0.6) is 0 Å². The van der Waals surface area contributed by atoms with Gasteiger partial charge in [-0.15, -0.1) is 0 Å². The van der Waals surface area contributed by atoms with Gasteiger partial charge < -0.3 is 5.73 Å². The first-order valence-electron chi connectivity index (χ1n) is 6.61. The normalized spacial score (nSPS) is 11.0. The molecule has 0 spiro atoms. The quantitative estimate of drug-likeness (QED) is 0.809. The number of aryl methyl sites for hydroxylation is 2. The Labute approximate surface area is 127 Å². The monoisotopic (exact) mass is 301 g/mol. The minimum absolute atomic E-state index is 0.629. The second kappa shape index (κ2) is 5.26. The van der Waals surface area contributed by atoms with Crippen molar-refractivity contribution in [3.05, 3.63) is 52.9 Å². The largest absolute Gasteiger partial charge is 0.396 e. The maximum atomic E-state index is 6.09. The van der Waals surface area contributed by atoms with Gasteiger partial charge in [0.1, 0.15) is 5.69 Å². The van der Waals surface area contributed by atoms with Crippen LogP contribution in [0.4, 0.5) is 5.69 Å². The van der Waals surface area contributed by atoms with Crippen LogP contribution in [0.15, 0.2) is 36.7 Å². The van der Waals surface area contributed by atoms with Gasteiger partial charge in [-0.3, -0.25) is 9.36 Å². The Hall–Kier alpha value is -2.27. The number of hydrogen-bond donors (Lipinski definition) is 1. The lowest BCUT2D eigenvalue weighted by molar-refractivity contribution is 0.689. The van der Waals surface area contributed by atoms with Crippen LogP contribution in [0, 0.1) is 6.92 Å². The van der Waals surface area contributed by atoms with Gasteiger partial charge in [0.2, 0.25) is 0 Å². The highest BCUT2D eigenvalue weighted by molar-refractivity contribution is 6.30. The maximum Gasteiger partial charge on any atom is 0.119 e. The van der Waals surface area contributed by atoms with Crippen molar-refractivity contribution in [1.29, 1.82) is 0 Å². The lowest BCUT2D eigenvalue weighted by atomic mass is 10.2. The summed E-state index contributed by atoms with van der Waals surface area (Å²) in [6.07, 6.45) is 3.76. The van der Waals surface area contributed by atoms with E-state index in [1.54, 1.807) is 4.68 Å². The van der Waals surface area contributed by atoms with Gasteiger partial charge in [0.05, 0.1) is 17.9 Å². The first-order valence-corrected chi connectivity index (χ1v) is 6.98. The Morgan fingerprint density at radius 2 is 2.05 bits per heavy atom. The molecule has 0 aliphatic heterocycles. The van der Waals surface area contributed by atoms with Crippen LogP contribution < -0.4 is 5.73 Å². The molecule has 6 heteroatoms. The summed E-state index contributed by atoms with van der Waals surface area (Å²) in [4.78, 5) is 0.